The Balaban J connectivity index is 4.64. The molecule has 84 valence electrons. The van der Waals surface area contributed by atoms with Crippen molar-refractivity contribution in [2.24, 2.45) is 5.92 Å². The van der Waals surface area contributed by atoms with E-state index in [4.69, 9.17) is 0 Å². The molecule has 15 heavy (non-hydrogen) atoms. The Hall–Kier alpha value is -1.31. The van der Waals surface area contributed by atoms with E-state index in [1.165, 1.54) is 0 Å². The van der Waals surface area contributed by atoms with E-state index in [-0.39, 0.29) is 11.8 Å². The van der Waals surface area contributed by atoms with Crippen LogP contribution in [0.15, 0.2) is 35.5 Å². The first kappa shape index (κ1) is 13.7. The zero-order valence-electron chi connectivity index (χ0n) is 10.3. The lowest BCUT2D eigenvalue weighted by Gasteiger charge is -2.09. The molecule has 0 heterocycles. The SMILES string of the molecule is C=C(C)/C(C)=C/C=C(\C)C(C)C(=O)NC. The summed E-state index contributed by atoms with van der Waals surface area (Å²) < 4.78 is 0. The molecule has 1 atom stereocenters. The van der Waals surface area contributed by atoms with E-state index < -0.39 is 0 Å². The quantitative estimate of drug-likeness (QED) is 0.706. The van der Waals surface area contributed by atoms with Crippen LogP contribution in [0.3, 0.4) is 0 Å². The van der Waals surface area contributed by atoms with Gasteiger partial charge < -0.3 is 5.32 Å². The average Bonchev–Trinajstić information content (AvgIpc) is 2.22. The Bertz CT molecular complexity index is 310. The van der Waals surface area contributed by atoms with Crippen LogP contribution in [0.1, 0.15) is 27.7 Å². The molecule has 0 saturated heterocycles. The van der Waals surface area contributed by atoms with Crippen LogP contribution in [0, 0.1) is 5.92 Å². The topological polar surface area (TPSA) is 29.1 Å². The molecule has 0 aromatic rings. The molecule has 0 rings (SSSR count). The van der Waals surface area contributed by atoms with Gasteiger partial charge >= 0.3 is 0 Å². The number of hydrogen-bond donors (Lipinski definition) is 1. The molecule has 0 aliphatic rings. The highest BCUT2D eigenvalue weighted by Gasteiger charge is 2.11. The van der Waals surface area contributed by atoms with Crippen molar-refractivity contribution in [3.05, 3.63) is 35.5 Å². The lowest BCUT2D eigenvalue weighted by atomic mass is 10.0. The molecule has 1 amide bonds. The Labute approximate surface area is 92.8 Å². The van der Waals surface area contributed by atoms with Crippen molar-refractivity contribution in [2.45, 2.75) is 27.7 Å². The molecular formula is C13H21NO. The maximum atomic E-state index is 11.3. The normalized spacial score (nSPS) is 14.7. The summed E-state index contributed by atoms with van der Waals surface area (Å²) >= 11 is 0. The summed E-state index contributed by atoms with van der Waals surface area (Å²) in [5.74, 6) is -0.0331. The Morgan fingerprint density at radius 3 is 2.20 bits per heavy atom. The monoisotopic (exact) mass is 207 g/mol. The van der Waals surface area contributed by atoms with Gasteiger partial charge in [0.05, 0.1) is 5.92 Å². The molecule has 0 spiro atoms. The van der Waals surface area contributed by atoms with Gasteiger partial charge in [0.2, 0.25) is 5.91 Å². The fourth-order valence-corrected chi connectivity index (χ4v) is 0.966. The van der Waals surface area contributed by atoms with Crippen LogP contribution in [0.25, 0.3) is 0 Å². The second-order valence-corrected chi connectivity index (χ2v) is 3.88. The maximum absolute atomic E-state index is 11.3. The van der Waals surface area contributed by atoms with E-state index in [1.54, 1.807) is 7.05 Å². The van der Waals surface area contributed by atoms with Crippen molar-refractivity contribution in [3.63, 3.8) is 0 Å². The number of rotatable bonds is 4. The predicted octanol–water partition coefficient (Wildman–Crippen LogP) is 2.84. The highest BCUT2D eigenvalue weighted by molar-refractivity contribution is 5.80. The number of hydrogen-bond acceptors (Lipinski definition) is 1. The van der Waals surface area contributed by atoms with Gasteiger partial charge in [-0.05, 0) is 33.3 Å². The number of carbonyl (C=O) groups is 1. The first-order valence-corrected chi connectivity index (χ1v) is 5.12. The first-order valence-electron chi connectivity index (χ1n) is 5.12. The van der Waals surface area contributed by atoms with Gasteiger partial charge in [-0.2, -0.15) is 0 Å². The van der Waals surface area contributed by atoms with E-state index in [2.05, 4.69) is 11.9 Å². The molecule has 0 saturated carbocycles. The van der Waals surface area contributed by atoms with Crippen LogP contribution < -0.4 is 5.32 Å². The summed E-state index contributed by atoms with van der Waals surface area (Å²) in [6, 6.07) is 0. The van der Waals surface area contributed by atoms with E-state index in [9.17, 15) is 4.79 Å². The largest absolute Gasteiger partial charge is 0.359 e. The molecular weight excluding hydrogens is 186 g/mol. The summed E-state index contributed by atoms with van der Waals surface area (Å²) in [6.45, 7) is 11.7. The number of nitrogens with one attached hydrogen (secondary N) is 1. The molecule has 0 aromatic heterocycles. The summed E-state index contributed by atoms with van der Waals surface area (Å²) in [5.41, 5.74) is 3.24. The summed E-state index contributed by atoms with van der Waals surface area (Å²) in [5, 5.41) is 2.64. The van der Waals surface area contributed by atoms with Gasteiger partial charge in [-0.25, -0.2) is 0 Å². The molecule has 0 bridgehead atoms. The Kier molecular flexibility index (Phi) is 5.68. The predicted molar refractivity (Wildman–Crippen MR) is 65.6 cm³/mol. The second kappa shape index (κ2) is 6.23. The lowest BCUT2D eigenvalue weighted by Crippen LogP contribution is -2.25. The molecule has 1 unspecified atom stereocenters. The number of amides is 1. The van der Waals surface area contributed by atoms with Gasteiger partial charge in [0, 0.05) is 7.05 Å². The summed E-state index contributed by atoms with van der Waals surface area (Å²) in [6.07, 6.45) is 3.97. The van der Waals surface area contributed by atoms with Crippen LogP contribution in [-0.4, -0.2) is 13.0 Å². The fraction of sp³-hybridized carbons (Fsp3) is 0.462. The van der Waals surface area contributed by atoms with Gasteiger partial charge in [0.25, 0.3) is 0 Å². The third kappa shape index (κ3) is 4.63. The first-order chi connectivity index (χ1) is 6.90. The maximum Gasteiger partial charge on any atom is 0.226 e. The van der Waals surface area contributed by atoms with Crippen LogP contribution in [0.4, 0.5) is 0 Å². The molecule has 0 aliphatic carbocycles. The molecule has 2 heteroatoms. The molecule has 0 fully saturated rings. The van der Waals surface area contributed by atoms with Crippen molar-refractivity contribution in [1.29, 1.82) is 0 Å². The number of carbonyl (C=O) groups excluding carboxylic acids is 1. The lowest BCUT2D eigenvalue weighted by molar-refractivity contribution is -0.122. The minimum atomic E-state index is -0.0795. The van der Waals surface area contributed by atoms with Gasteiger partial charge in [0.1, 0.15) is 0 Å². The van der Waals surface area contributed by atoms with Crippen LogP contribution in [0.5, 0.6) is 0 Å². The van der Waals surface area contributed by atoms with Gasteiger partial charge in [0.15, 0.2) is 0 Å². The summed E-state index contributed by atoms with van der Waals surface area (Å²) in [4.78, 5) is 11.3. The molecule has 1 N–H and O–H groups in total. The second-order valence-electron chi connectivity index (χ2n) is 3.88. The summed E-state index contributed by atoms with van der Waals surface area (Å²) in [7, 11) is 1.65. The van der Waals surface area contributed by atoms with Crippen molar-refractivity contribution in [2.75, 3.05) is 7.05 Å². The van der Waals surface area contributed by atoms with Crippen LogP contribution >= 0.6 is 0 Å². The third-order valence-electron chi connectivity index (χ3n) is 2.59. The van der Waals surface area contributed by atoms with Gasteiger partial charge in [-0.1, -0.05) is 29.9 Å². The minimum Gasteiger partial charge on any atom is -0.359 e. The molecule has 0 aliphatic heterocycles. The zero-order chi connectivity index (χ0) is 12.0. The van der Waals surface area contributed by atoms with Crippen molar-refractivity contribution >= 4 is 5.91 Å². The van der Waals surface area contributed by atoms with E-state index in [1.807, 2.05) is 39.8 Å². The molecule has 0 aromatic carbocycles. The van der Waals surface area contributed by atoms with Crippen LogP contribution in [0.2, 0.25) is 0 Å². The number of allylic oxidation sites excluding steroid dienone is 4. The van der Waals surface area contributed by atoms with Crippen molar-refractivity contribution in [1.82, 2.24) is 5.32 Å². The van der Waals surface area contributed by atoms with E-state index in [0.717, 1.165) is 16.7 Å². The van der Waals surface area contributed by atoms with Crippen molar-refractivity contribution < 1.29 is 4.79 Å². The minimum absolute atomic E-state index is 0.0464. The Morgan fingerprint density at radius 1 is 1.27 bits per heavy atom. The van der Waals surface area contributed by atoms with E-state index in [0.29, 0.717) is 0 Å². The van der Waals surface area contributed by atoms with E-state index >= 15 is 0 Å². The van der Waals surface area contributed by atoms with Gasteiger partial charge in [-0.3, -0.25) is 4.79 Å². The third-order valence-corrected chi connectivity index (χ3v) is 2.59. The molecule has 0 radical (unpaired) electrons. The molecule has 2 nitrogen and oxygen atoms in total. The van der Waals surface area contributed by atoms with Crippen molar-refractivity contribution in [3.8, 4) is 0 Å². The Morgan fingerprint density at radius 2 is 1.80 bits per heavy atom. The fourth-order valence-electron chi connectivity index (χ4n) is 0.966. The highest BCUT2D eigenvalue weighted by Crippen LogP contribution is 2.12. The average molecular weight is 207 g/mol. The highest BCUT2D eigenvalue weighted by atomic mass is 16.1. The van der Waals surface area contributed by atoms with Gasteiger partial charge in [-0.15, -0.1) is 0 Å². The smallest absolute Gasteiger partial charge is 0.226 e. The zero-order valence-corrected chi connectivity index (χ0v) is 10.3. The standard InChI is InChI=1S/C13H21NO/c1-9(2)10(3)7-8-11(4)12(5)13(15)14-6/h7-8,12H,1H2,2-6H3,(H,14,15)/b10-7+,11-8+. The van der Waals surface area contributed by atoms with Crippen LogP contribution in [-0.2, 0) is 4.79 Å².